The number of anilines is 2. The molecular weight excluding hydrogens is 460 g/mol. The highest BCUT2D eigenvalue weighted by molar-refractivity contribution is 7.99. The van der Waals surface area contributed by atoms with E-state index in [0.717, 1.165) is 17.0 Å². The third kappa shape index (κ3) is 4.95. The van der Waals surface area contributed by atoms with Crippen LogP contribution in [0.1, 0.15) is 18.9 Å². The standard InChI is InChI=1S/C26H24N6O2S/c1-18-15-23(33)28-21-9-5-6-10-22(21)32(18)24(34)17-35-26-30-29-25(20-11-13-27-14-12-20)31(26)16-19-7-3-2-4-8-19/h2-14,18H,15-17H2,1H3,(H,28,33)/t18-/m0/s1. The lowest BCUT2D eigenvalue weighted by Gasteiger charge is -2.27. The summed E-state index contributed by atoms with van der Waals surface area (Å²) in [7, 11) is 0. The highest BCUT2D eigenvalue weighted by atomic mass is 32.2. The Balaban J connectivity index is 1.42. The summed E-state index contributed by atoms with van der Waals surface area (Å²) in [5, 5.41) is 12.4. The molecule has 0 radical (unpaired) electrons. The average Bonchev–Trinajstić information content (AvgIpc) is 3.21. The van der Waals surface area contributed by atoms with E-state index in [4.69, 9.17) is 0 Å². The maximum Gasteiger partial charge on any atom is 0.237 e. The summed E-state index contributed by atoms with van der Waals surface area (Å²) in [5.41, 5.74) is 3.36. The molecule has 1 aliphatic rings. The molecule has 1 aliphatic heterocycles. The fourth-order valence-corrected chi connectivity index (χ4v) is 4.98. The molecule has 0 saturated heterocycles. The van der Waals surface area contributed by atoms with Crippen LogP contribution in [0.2, 0.25) is 0 Å². The van der Waals surface area contributed by atoms with Crippen molar-refractivity contribution in [3.05, 3.63) is 84.7 Å². The van der Waals surface area contributed by atoms with E-state index in [1.807, 2.05) is 66.1 Å². The third-order valence-corrected chi connectivity index (χ3v) is 6.74. The molecule has 5 rings (SSSR count). The van der Waals surface area contributed by atoms with Crippen molar-refractivity contribution in [1.29, 1.82) is 0 Å². The summed E-state index contributed by atoms with van der Waals surface area (Å²) in [6.07, 6.45) is 3.68. The predicted molar refractivity (Wildman–Crippen MR) is 136 cm³/mol. The van der Waals surface area contributed by atoms with E-state index >= 15 is 0 Å². The van der Waals surface area contributed by atoms with E-state index < -0.39 is 0 Å². The Labute approximate surface area is 207 Å². The van der Waals surface area contributed by atoms with Crippen LogP contribution in [0.3, 0.4) is 0 Å². The molecule has 0 spiro atoms. The summed E-state index contributed by atoms with van der Waals surface area (Å²) < 4.78 is 2.02. The van der Waals surface area contributed by atoms with Crippen LogP contribution in [0, 0.1) is 0 Å². The molecule has 2 aromatic carbocycles. The van der Waals surface area contributed by atoms with Crippen LogP contribution < -0.4 is 10.2 Å². The maximum absolute atomic E-state index is 13.5. The van der Waals surface area contributed by atoms with Gasteiger partial charge in [-0.15, -0.1) is 10.2 Å². The SMILES string of the molecule is C[C@H]1CC(=O)Nc2ccccc2N1C(=O)CSc1nnc(-c2ccncc2)n1Cc1ccccc1. The molecule has 9 heteroatoms. The van der Waals surface area contributed by atoms with Crippen molar-refractivity contribution < 1.29 is 9.59 Å². The van der Waals surface area contributed by atoms with Gasteiger partial charge in [-0.1, -0.05) is 54.2 Å². The minimum atomic E-state index is -0.263. The molecule has 2 aromatic heterocycles. The molecule has 8 nitrogen and oxygen atoms in total. The Morgan fingerprint density at radius 2 is 1.77 bits per heavy atom. The lowest BCUT2D eigenvalue weighted by Crippen LogP contribution is -2.40. The zero-order valence-electron chi connectivity index (χ0n) is 19.2. The Hall–Kier alpha value is -3.98. The fraction of sp³-hybridized carbons (Fsp3) is 0.192. The lowest BCUT2D eigenvalue weighted by atomic mass is 10.2. The largest absolute Gasteiger partial charge is 0.324 e. The van der Waals surface area contributed by atoms with Gasteiger partial charge in [0.2, 0.25) is 11.8 Å². The maximum atomic E-state index is 13.5. The molecule has 0 fully saturated rings. The number of nitrogens with zero attached hydrogens (tertiary/aromatic N) is 5. The highest BCUT2D eigenvalue weighted by Gasteiger charge is 2.30. The number of hydrogen-bond donors (Lipinski definition) is 1. The Morgan fingerprint density at radius 3 is 2.57 bits per heavy atom. The number of rotatable bonds is 6. The Bertz CT molecular complexity index is 1340. The molecule has 1 atom stereocenters. The molecular formula is C26H24N6O2S. The van der Waals surface area contributed by atoms with Crippen molar-refractivity contribution in [3.63, 3.8) is 0 Å². The third-order valence-electron chi connectivity index (χ3n) is 5.79. The fourth-order valence-electron chi connectivity index (χ4n) is 4.18. The van der Waals surface area contributed by atoms with Crippen LogP contribution >= 0.6 is 11.8 Å². The van der Waals surface area contributed by atoms with E-state index in [-0.39, 0.29) is 30.0 Å². The number of fused-ring (bicyclic) bond motifs is 1. The molecule has 0 bridgehead atoms. The van der Waals surface area contributed by atoms with Crippen LogP contribution in [-0.4, -0.2) is 43.4 Å². The van der Waals surface area contributed by atoms with Gasteiger partial charge in [0.05, 0.1) is 23.7 Å². The molecule has 0 aliphatic carbocycles. The molecule has 176 valence electrons. The van der Waals surface area contributed by atoms with E-state index in [1.54, 1.807) is 17.3 Å². The second-order valence-electron chi connectivity index (χ2n) is 8.28. The van der Waals surface area contributed by atoms with Crippen molar-refractivity contribution in [2.24, 2.45) is 0 Å². The van der Waals surface area contributed by atoms with Gasteiger partial charge in [-0.25, -0.2) is 0 Å². The number of pyridine rings is 1. The predicted octanol–water partition coefficient (Wildman–Crippen LogP) is 4.24. The van der Waals surface area contributed by atoms with Gasteiger partial charge >= 0.3 is 0 Å². The van der Waals surface area contributed by atoms with Crippen LogP contribution in [0.5, 0.6) is 0 Å². The Morgan fingerprint density at radius 1 is 1.03 bits per heavy atom. The zero-order valence-corrected chi connectivity index (χ0v) is 20.0. The summed E-state index contributed by atoms with van der Waals surface area (Å²) in [5.74, 6) is 0.689. The van der Waals surface area contributed by atoms with Gasteiger partial charge in [-0.2, -0.15) is 0 Å². The van der Waals surface area contributed by atoms with Crippen LogP contribution in [0.4, 0.5) is 11.4 Å². The molecule has 2 amide bonds. The minimum Gasteiger partial charge on any atom is -0.324 e. The summed E-state index contributed by atoms with van der Waals surface area (Å²) in [6.45, 7) is 2.47. The number of para-hydroxylation sites is 2. The molecule has 1 N–H and O–H groups in total. The van der Waals surface area contributed by atoms with Crippen molar-refractivity contribution in [2.45, 2.75) is 31.1 Å². The van der Waals surface area contributed by atoms with Crippen LogP contribution in [-0.2, 0) is 16.1 Å². The van der Waals surface area contributed by atoms with Gasteiger partial charge in [0.15, 0.2) is 11.0 Å². The van der Waals surface area contributed by atoms with Gasteiger partial charge in [0.1, 0.15) is 0 Å². The number of carbonyl (C=O) groups is 2. The van der Waals surface area contributed by atoms with E-state index in [0.29, 0.717) is 23.1 Å². The number of nitrogens with one attached hydrogen (secondary N) is 1. The lowest BCUT2D eigenvalue weighted by molar-refractivity contribution is -0.117. The first-order valence-corrected chi connectivity index (χ1v) is 12.3. The van der Waals surface area contributed by atoms with Gasteiger partial charge in [0.25, 0.3) is 0 Å². The number of thioether (sulfide) groups is 1. The van der Waals surface area contributed by atoms with E-state index in [9.17, 15) is 9.59 Å². The van der Waals surface area contributed by atoms with Gasteiger partial charge in [0, 0.05) is 30.4 Å². The number of amides is 2. The first-order valence-electron chi connectivity index (χ1n) is 11.3. The number of hydrogen-bond acceptors (Lipinski definition) is 6. The van der Waals surface area contributed by atoms with Gasteiger partial charge < -0.3 is 10.2 Å². The smallest absolute Gasteiger partial charge is 0.237 e. The monoisotopic (exact) mass is 484 g/mol. The molecule has 0 unspecified atom stereocenters. The van der Waals surface area contributed by atoms with Crippen molar-refractivity contribution >= 4 is 35.0 Å². The highest BCUT2D eigenvalue weighted by Crippen LogP contribution is 2.32. The van der Waals surface area contributed by atoms with Crippen LogP contribution in [0.25, 0.3) is 11.4 Å². The normalized spacial score (nSPS) is 15.3. The van der Waals surface area contributed by atoms with Crippen molar-refractivity contribution in [1.82, 2.24) is 19.7 Å². The zero-order chi connectivity index (χ0) is 24.2. The van der Waals surface area contributed by atoms with Gasteiger partial charge in [-0.05, 0) is 36.8 Å². The van der Waals surface area contributed by atoms with Crippen molar-refractivity contribution in [2.75, 3.05) is 16.0 Å². The second-order valence-corrected chi connectivity index (χ2v) is 9.23. The summed E-state index contributed by atoms with van der Waals surface area (Å²) in [6, 6.07) is 21.0. The van der Waals surface area contributed by atoms with Crippen LogP contribution in [0.15, 0.2) is 84.3 Å². The summed E-state index contributed by atoms with van der Waals surface area (Å²) in [4.78, 5) is 31.5. The molecule has 4 aromatic rings. The first kappa shape index (κ1) is 22.8. The quantitative estimate of drug-likeness (QED) is 0.412. The molecule has 0 saturated carbocycles. The first-order chi connectivity index (χ1) is 17.1. The Kier molecular flexibility index (Phi) is 6.58. The van der Waals surface area contributed by atoms with E-state index in [1.165, 1.54) is 11.8 Å². The number of benzene rings is 2. The number of carbonyl (C=O) groups excluding carboxylic acids is 2. The topological polar surface area (TPSA) is 93.0 Å². The number of aromatic nitrogens is 4. The molecule has 3 heterocycles. The summed E-state index contributed by atoms with van der Waals surface area (Å²) >= 11 is 1.35. The average molecular weight is 485 g/mol. The second kappa shape index (κ2) is 10.1. The van der Waals surface area contributed by atoms with Gasteiger partial charge in [-0.3, -0.25) is 19.1 Å². The van der Waals surface area contributed by atoms with E-state index in [2.05, 4.69) is 32.6 Å². The molecule has 35 heavy (non-hydrogen) atoms. The minimum absolute atomic E-state index is 0.0915. The van der Waals surface area contributed by atoms with Crippen molar-refractivity contribution in [3.8, 4) is 11.4 Å².